The molecule has 1 aromatic heterocycles. The highest BCUT2D eigenvalue weighted by Gasteiger charge is 2.14. The fraction of sp³-hybridized carbons (Fsp3) is 0.261. The van der Waals surface area contributed by atoms with E-state index in [1.54, 1.807) is 18.2 Å². The number of halogens is 1. The zero-order valence-corrected chi connectivity index (χ0v) is 16.6. The number of rotatable bonds is 6. The minimum atomic E-state index is -0.297. The van der Waals surface area contributed by atoms with E-state index in [1.165, 1.54) is 12.1 Å². The molecule has 0 unspecified atom stereocenters. The Balaban J connectivity index is 1.84. The topological polar surface area (TPSA) is 51.5 Å². The number of hydrogen-bond acceptors (Lipinski definition) is 3. The summed E-state index contributed by atoms with van der Waals surface area (Å²) >= 11 is 0. The molecule has 1 heterocycles. The first kappa shape index (κ1) is 19.7. The average Bonchev–Trinajstić information content (AvgIpc) is 2.94. The van der Waals surface area contributed by atoms with E-state index in [9.17, 15) is 9.18 Å². The third-order valence-electron chi connectivity index (χ3n) is 4.73. The Morgan fingerprint density at radius 3 is 2.61 bits per heavy atom. The molecule has 0 aliphatic rings. The van der Waals surface area contributed by atoms with Crippen LogP contribution in [0.15, 0.2) is 46.9 Å². The molecule has 2 aromatic carbocycles. The molecule has 0 saturated carbocycles. The summed E-state index contributed by atoms with van der Waals surface area (Å²) < 4.78 is 24.5. The molecule has 0 aliphatic heterocycles. The van der Waals surface area contributed by atoms with Crippen LogP contribution in [0.25, 0.3) is 16.5 Å². The molecule has 0 radical (unpaired) electrons. The quantitative estimate of drug-likeness (QED) is 0.589. The molecular weight excluding hydrogens is 357 g/mol. The molecule has 3 rings (SSSR count). The molecule has 3 aromatic rings. The van der Waals surface area contributed by atoms with Crippen molar-refractivity contribution >= 4 is 22.4 Å². The average molecular weight is 381 g/mol. The molecule has 0 bridgehead atoms. The van der Waals surface area contributed by atoms with Crippen LogP contribution in [0.4, 0.5) is 4.39 Å². The van der Waals surface area contributed by atoms with Gasteiger partial charge in [0.15, 0.2) is 0 Å². The zero-order chi connectivity index (χ0) is 20.3. The first-order valence-electron chi connectivity index (χ1n) is 9.26. The van der Waals surface area contributed by atoms with Gasteiger partial charge in [-0.25, -0.2) is 4.39 Å². The van der Waals surface area contributed by atoms with Gasteiger partial charge in [0.1, 0.15) is 22.9 Å². The zero-order valence-electron chi connectivity index (χ0n) is 16.6. The monoisotopic (exact) mass is 381 g/mol. The van der Waals surface area contributed by atoms with E-state index in [0.717, 1.165) is 39.0 Å². The van der Waals surface area contributed by atoms with Crippen LogP contribution in [0.5, 0.6) is 5.75 Å². The molecule has 0 saturated heterocycles. The van der Waals surface area contributed by atoms with Crippen molar-refractivity contribution < 1.29 is 18.3 Å². The number of furan rings is 1. The van der Waals surface area contributed by atoms with Crippen LogP contribution in [0.2, 0.25) is 0 Å². The highest BCUT2D eigenvalue weighted by Crippen LogP contribution is 2.35. The second kappa shape index (κ2) is 8.30. The third-order valence-corrected chi connectivity index (χ3v) is 4.73. The lowest BCUT2D eigenvalue weighted by Crippen LogP contribution is -2.20. The van der Waals surface area contributed by atoms with Crippen molar-refractivity contribution in [3.8, 4) is 5.75 Å². The van der Waals surface area contributed by atoms with Gasteiger partial charge in [-0.05, 0) is 62.6 Å². The van der Waals surface area contributed by atoms with Gasteiger partial charge in [-0.15, -0.1) is 0 Å². The van der Waals surface area contributed by atoms with Crippen molar-refractivity contribution in [3.05, 3.63) is 70.7 Å². The van der Waals surface area contributed by atoms with Gasteiger partial charge in [-0.1, -0.05) is 12.1 Å². The second-order valence-corrected chi connectivity index (χ2v) is 6.73. The Kier molecular flexibility index (Phi) is 5.83. The van der Waals surface area contributed by atoms with Gasteiger partial charge in [-0.3, -0.25) is 4.79 Å². The number of aryl methyl sites for hydroxylation is 2. The third kappa shape index (κ3) is 4.25. The number of carbonyl (C=O) groups excluding carboxylic acids is 1. The fourth-order valence-electron chi connectivity index (χ4n) is 3.07. The van der Waals surface area contributed by atoms with Crippen molar-refractivity contribution in [2.45, 2.75) is 34.2 Å². The summed E-state index contributed by atoms with van der Waals surface area (Å²) in [4.78, 5) is 12.3. The molecule has 0 atom stereocenters. The van der Waals surface area contributed by atoms with E-state index in [2.05, 4.69) is 5.32 Å². The number of benzene rings is 2. The number of amides is 1. The van der Waals surface area contributed by atoms with Crippen LogP contribution >= 0.6 is 0 Å². The maximum Gasteiger partial charge on any atom is 0.244 e. The smallest absolute Gasteiger partial charge is 0.244 e. The van der Waals surface area contributed by atoms with Crippen LogP contribution in [0, 0.1) is 19.7 Å². The standard InChI is InChI=1S/C23H24FNO3/c1-5-27-21-12-22-20(15(3)16(4)28-22)11-19(21)14(2)10-23(26)25-13-17-6-8-18(24)9-7-17/h6-12H,5,13H2,1-4H3,(H,25,26)/b14-10+. The predicted octanol–water partition coefficient (Wildman–Crippen LogP) is 5.31. The molecule has 4 nitrogen and oxygen atoms in total. The molecule has 1 amide bonds. The molecule has 0 aliphatic carbocycles. The van der Waals surface area contributed by atoms with Crippen LogP contribution in [0.1, 0.15) is 36.3 Å². The summed E-state index contributed by atoms with van der Waals surface area (Å²) in [5.74, 6) is 1.04. The number of allylic oxidation sites excluding steroid dienone is 1. The summed E-state index contributed by atoms with van der Waals surface area (Å²) in [5.41, 5.74) is 4.33. The molecule has 28 heavy (non-hydrogen) atoms. The van der Waals surface area contributed by atoms with Crippen molar-refractivity contribution in [2.75, 3.05) is 6.61 Å². The number of ether oxygens (including phenoxy) is 1. The van der Waals surface area contributed by atoms with Crippen molar-refractivity contribution in [3.63, 3.8) is 0 Å². The first-order chi connectivity index (χ1) is 13.4. The van der Waals surface area contributed by atoms with Gasteiger partial charge in [0.25, 0.3) is 0 Å². The lowest BCUT2D eigenvalue weighted by molar-refractivity contribution is -0.116. The second-order valence-electron chi connectivity index (χ2n) is 6.73. The predicted molar refractivity (Wildman–Crippen MR) is 109 cm³/mol. The van der Waals surface area contributed by atoms with Gasteiger partial charge in [0.2, 0.25) is 5.91 Å². The van der Waals surface area contributed by atoms with Crippen molar-refractivity contribution in [2.24, 2.45) is 0 Å². The molecule has 146 valence electrons. The normalized spacial score (nSPS) is 11.7. The van der Waals surface area contributed by atoms with E-state index in [4.69, 9.17) is 9.15 Å². The van der Waals surface area contributed by atoms with Crippen LogP contribution in [-0.4, -0.2) is 12.5 Å². The molecular formula is C23H24FNO3. The number of nitrogens with one attached hydrogen (secondary N) is 1. The summed E-state index contributed by atoms with van der Waals surface area (Å²) in [6, 6.07) is 9.94. The summed E-state index contributed by atoms with van der Waals surface area (Å²) in [7, 11) is 0. The number of hydrogen-bond donors (Lipinski definition) is 1. The van der Waals surface area contributed by atoms with Gasteiger partial charge in [0.05, 0.1) is 6.61 Å². The largest absolute Gasteiger partial charge is 0.493 e. The van der Waals surface area contributed by atoms with Gasteiger partial charge in [-0.2, -0.15) is 0 Å². The van der Waals surface area contributed by atoms with E-state index in [1.807, 2.05) is 39.8 Å². The Labute approximate surface area is 164 Å². The molecule has 0 spiro atoms. The van der Waals surface area contributed by atoms with Crippen LogP contribution in [-0.2, 0) is 11.3 Å². The molecule has 5 heteroatoms. The number of fused-ring (bicyclic) bond motifs is 1. The SMILES string of the molecule is CCOc1cc2oc(C)c(C)c2cc1/C(C)=C/C(=O)NCc1ccc(F)cc1. The summed E-state index contributed by atoms with van der Waals surface area (Å²) in [6.45, 7) is 8.59. The lowest BCUT2D eigenvalue weighted by Gasteiger charge is -2.11. The maximum absolute atomic E-state index is 13.0. The minimum absolute atomic E-state index is 0.218. The van der Waals surface area contributed by atoms with Crippen LogP contribution < -0.4 is 10.1 Å². The summed E-state index contributed by atoms with van der Waals surface area (Å²) in [5, 5.41) is 3.84. The van der Waals surface area contributed by atoms with Gasteiger partial charge in [0, 0.05) is 29.6 Å². The highest BCUT2D eigenvalue weighted by atomic mass is 19.1. The molecule has 1 N–H and O–H groups in total. The number of carbonyl (C=O) groups is 1. The Morgan fingerprint density at radius 2 is 1.93 bits per heavy atom. The van der Waals surface area contributed by atoms with E-state index >= 15 is 0 Å². The van der Waals surface area contributed by atoms with Crippen molar-refractivity contribution in [1.29, 1.82) is 0 Å². The Bertz CT molecular complexity index is 1030. The first-order valence-corrected chi connectivity index (χ1v) is 9.26. The minimum Gasteiger partial charge on any atom is -0.493 e. The Morgan fingerprint density at radius 1 is 1.21 bits per heavy atom. The fourth-order valence-corrected chi connectivity index (χ4v) is 3.07. The Hall–Kier alpha value is -3.08. The van der Waals surface area contributed by atoms with Gasteiger partial charge < -0.3 is 14.5 Å². The lowest BCUT2D eigenvalue weighted by atomic mass is 10.0. The van der Waals surface area contributed by atoms with E-state index in [0.29, 0.717) is 18.9 Å². The highest BCUT2D eigenvalue weighted by molar-refractivity contribution is 5.97. The van der Waals surface area contributed by atoms with Crippen LogP contribution in [0.3, 0.4) is 0 Å². The van der Waals surface area contributed by atoms with E-state index in [-0.39, 0.29) is 11.7 Å². The maximum atomic E-state index is 13.0. The van der Waals surface area contributed by atoms with Gasteiger partial charge >= 0.3 is 0 Å². The van der Waals surface area contributed by atoms with E-state index < -0.39 is 0 Å². The summed E-state index contributed by atoms with van der Waals surface area (Å²) in [6.07, 6.45) is 1.55. The molecule has 0 fully saturated rings. The van der Waals surface area contributed by atoms with Crippen molar-refractivity contribution in [1.82, 2.24) is 5.32 Å².